The number of ether oxygens (including phenoxy) is 1. The second-order valence-corrected chi connectivity index (χ2v) is 7.32. The maximum atomic E-state index is 12.4. The van der Waals surface area contributed by atoms with Gasteiger partial charge in [0.1, 0.15) is 15.8 Å². The Labute approximate surface area is 161 Å². The molecule has 26 heavy (non-hydrogen) atoms. The molecular weight excluding hydrogens is 366 g/mol. The lowest BCUT2D eigenvalue weighted by Crippen LogP contribution is -2.11. The molecule has 2 aromatic carbocycles. The maximum absolute atomic E-state index is 12.4. The molecule has 0 saturated heterocycles. The van der Waals surface area contributed by atoms with Gasteiger partial charge in [-0.2, -0.15) is 12.6 Å². The van der Waals surface area contributed by atoms with Crippen LogP contribution in [0.15, 0.2) is 48.5 Å². The van der Waals surface area contributed by atoms with E-state index in [1.54, 1.807) is 12.1 Å². The number of hydrogen-bond donors (Lipinski definition) is 2. The van der Waals surface area contributed by atoms with Gasteiger partial charge in [-0.25, -0.2) is 0 Å². The van der Waals surface area contributed by atoms with E-state index in [0.717, 1.165) is 27.0 Å². The zero-order chi connectivity index (χ0) is 18.5. The number of benzene rings is 2. The number of aromatic nitrogens is 2. The molecule has 5 nitrogen and oxygen atoms in total. The highest BCUT2D eigenvalue weighted by Crippen LogP contribution is 2.30. The van der Waals surface area contributed by atoms with Gasteiger partial charge in [-0.15, -0.1) is 21.5 Å². The minimum absolute atomic E-state index is 0.149. The molecule has 0 aliphatic rings. The molecule has 0 radical (unpaired) electrons. The standard InChI is InChI=1S/C19H19N3O2S2/c1-3-24-16-10-8-15(9-11-16)20-18(23)14-6-4-13(5-7-14)17(25)19-22-21-12(2)26-19/h4-11,17,25H,3H2,1-2H3,(H,20,23). The maximum Gasteiger partial charge on any atom is 0.255 e. The van der Waals surface area contributed by atoms with Gasteiger partial charge >= 0.3 is 0 Å². The van der Waals surface area contributed by atoms with Gasteiger partial charge < -0.3 is 10.1 Å². The van der Waals surface area contributed by atoms with Crippen LogP contribution in [0.3, 0.4) is 0 Å². The summed E-state index contributed by atoms with van der Waals surface area (Å²) in [5.41, 5.74) is 2.28. The van der Waals surface area contributed by atoms with Gasteiger partial charge in [0.15, 0.2) is 0 Å². The quantitative estimate of drug-likeness (QED) is 0.613. The molecule has 0 aliphatic heterocycles. The number of carbonyl (C=O) groups excluding carboxylic acids is 1. The van der Waals surface area contributed by atoms with Crippen molar-refractivity contribution < 1.29 is 9.53 Å². The average molecular weight is 386 g/mol. The lowest BCUT2D eigenvalue weighted by molar-refractivity contribution is 0.102. The van der Waals surface area contributed by atoms with Crippen molar-refractivity contribution in [2.24, 2.45) is 0 Å². The smallest absolute Gasteiger partial charge is 0.255 e. The van der Waals surface area contributed by atoms with Gasteiger partial charge in [0, 0.05) is 11.3 Å². The Bertz CT molecular complexity index is 877. The van der Waals surface area contributed by atoms with Gasteiger partial charge in [0.25, 0.3) is 5.91 Å². The molecule has 0 saturated carbocycles. The minimum Gasteiger partial charge on any atom is -0.494 e. The van der Waals surface area contributed by atoms with Crippen LogP contribution in [0.1, 0.15) is 38.1 Å². The summed E-state index contributed by atoms with van der Waals surface area (Å²) in [6.45, 7) is 4.46. The highest BCUT2D eigenvalue weighted by Gasteiger charge is 2.15. The largest absolute Gasteiger partial charge is 0.494 e. The molecule has 1 amide bonds. The first kappa shape index (κ1) is 18.4. The zero-order valence-electron chi connectivity index (χ0n) is 14.5. The third-order valence-corrected chi connectivity index (χ3v) is 5.31. The summed E-state index contributed by atoms with van der Waals surface area (Å²) in [6, 6.07) is 14.7. The van der Waals surface area contributed by atoms with E-state index in [1.165, 1.54) is 11.3 Å². The van der Waals surface area contributed by atoms with Crippen molar-refractivity contribution in [1.82, 2.24) is 10.2 Å². The number of aryl methyl sites for hydroxylation is 1. The van der Waals surface area contributed by atoms with Crippen molar-refractivity contribution in [2.45, 2.75) is 19.1 Å². The van der Waals surface area contributed by atoms with Gasteiger partial charge in [-0.1, -0.05) is 12.1 Å². The molecule has 3 rings (SSSR count). The first-order chi connectivity index (χ1) is 12.6. The van der Waals surface area contributed by atoms with Crippen LogP contribution < -0.4 is 10.1 Å². The van der Waals surface area contributed by atoms with Crippen LogP contribution >= 0.6 is 24.0 Å². The SMILES string of the molecule is CCOc1ccc(NC(=O)c2ccc(C(S)c3nnc(C)s3)cc2)cc1. The van der Waals surface area contributed by atoms with Gasteiger partial charge in [-0.05, 0) is 55.8 Å². The Balaban J connectivity index is 1.66. The van der Waals surface area contributed by atoms with E-state index in [0.29, 0.717) is 12.2 Å². The third-order valence-electron chi connectivity index (χ3n) is 3.69. The normalized spacial score (nSPS) is 11.8. The molecule has 0 bridgehead atoms. The van der Waals surface area contributed by atoms with Crippen molar-refractivity contribution >= 4 is 35.6 Å². The number of thiol groups is 1. The number of nitrogens with one attached hydrogen (secondary N) is 1. The van der Waals surface area contributed by atoms with Crippen molar-refractivity contribution in [3.05, 3.63) is 69.7 Å². The molecule has 134 valence electrons. The van der Waals surface area contributed by atoms with Crippen molar-refractivity contribution in [3.8, 4) is 5.75 Å². The number of carbonyl (C=O) groups is 1. The second kappa shape index (κ2) is 8.33. The first-order valence-corrected chi connectivity index (χ1v) is 9.52. The van der Waals surface area contributed by atoms with Crippen LogP contribution in [0, 0.1) is 6.92 Å². The van der Waals surface area contributed by atoms with Crippen LogP contribution in [0.2, 0.25) is 0 Å². The molecule has 1 unspecified atom stereocenters. The predicted octanol–water partition coefficient (Wildman–Crippen LogP) is 4.52. The molecule has 7 heteroatoms. The van der Waals surface area contributed by atoms with Gasteiger partial charge in [0.2, 0.25) is 0 Å². The summed E-state index contributed by atoms with van der Waals surface area (Å²) in [6.07, 6.45) is 0. The van der Waals surface area contributed by atoms with Crippen LogP contribution in [0.5, 0.6) is 5.75 Å². The fraction of sp³-hybridized carbons (Fsp3) is 0.211. The molecule has 1 aromatic heterocycles. The summed E-state index contributed by atoms with van der Waals surface area (Å²) >= 11 is 6.13. The lowest BCUT2D eigenvalue weighted by atomic mass is 10.1. The lowest BCUT2D eigenvalue weighted by Gasteiger charge is -2.10. The monoisotopic (exact) mass is 385 g/mol. The number of nitrogens with zero attached hydrogens (tertiary/aromatic N) is 2. The fourth-order valence-corrected chi connectivity index (χ4v) is 3.48. The van der Waals surface area contributed by atoms with Crippen molar-refractivity contribution in [1.29, 1.82) is 0 Å². The Kier molecular flexibility index (Phi) is 5.90. The molecule has 0 fully saturated rings. The molecule has 0 aliphatic carbocycles. The van der Waals surface area contributed by atoms with Crippen LogP contribution in [0.25, 0.3) is 0 Å². The molecule has 1 N–H and O–H groups in total. The number of amides is 1. The topological polar surface area (TPSA) is 64.1 Å². The summed E-state index contributed by atoms with van der Waals surface area (Å²) in [5, 5.41) is 12.6. The highest BCUT2D eigenvalue weighted by atomic mass is 32.1. The molecule has 1 heterocycles. The van der Waals surface area contributed by atoms with Crippen molar-refractivity contribution in [2.75, 3.05) is 11.9 Å². The van der Waals surface area contributed by atoms with E-state index in [2.05, 4.69) is 28.1 Å². The molecular formula is C19H19N3O2S2. The van der Waals surface area contributed by atoms with E-state index >= 15 is 0 Å². The Hall–Kier alpha value is -2.38. The number of anilines is 1. The summed E-state index contributed by atoms with van der Waals surface area (Å²) in [7, 11) is 0. The van der Waals surface area contributed by atoms with E-state index < -0.39 is 0 Å². The number of rotatable bonds is 6. The summed E-state index contributed by atoms with van der Waals surface area (Å²) in [5.74, 6) is 0.616. The van der Waals surface area contributed by atoms with Crippen molar-refractivity contribution in [3.63, 3.8) is 0 Å². The Morgan fingerprint density at radius 1 is 1.15 bits per heavy atom. The molecule has 0 spiro atoms. The molecule has 3 aromatic rings. The third kappa shape index (κ3) is 4.42. The van der Waals surface area contributed by atoms with Gasteiger partial charge in [0.05, 0.1) is 11.9 Å². The first-order valence-electron chi connectivity index (χ1n) is 8.19. The van der Waals surface area contributed by atoms with E-state index in [-0.39, 0.29) is 11.2 Å². The Morgan fingerprint density at radius 3 is 2.42 bits per heavy atom. The Morgan fingerprint density at radius 2 is 1.85 bits per heavy atom. The zero-order valence-corrected chi connectivity index (χ0v) is 16.2. The van der Waals surface area contributed by atoms with Crippen LogP contribution in [0.4, 0.5) is 5.69 Å². The number of hydrogen-bond acceptors (Lipinski definition) is 6. The fourth-order valence-electron chi connectivity index (χ4n) is 2.39. The van der Waals surface area contributed by atoms with E-state index in [4.69, 9.17) is 4.74 Å². The van der Waals surface area contributed by atoms with Gasteiger partial charge in [-0.3, -0.25) is 4.79 Å². The van der Waals surface area contributed by atoms with E-state index in [1.807, 2.05) is 50.2 Å². The minimum atomic E-state index is -0.164. The van der Waals surface area contributed by atoms with Crippen LogP contribution in [-0.2, 0) is 0 Å². The average Bonchev–Trinajstić information content (AvgIpc) is 3.09. The summed E-state index contributed by atoms with van der Waals surface area (Å²) in [4.78, 5) is 12.4. The molecule has 1 atom stereocenters. The van der Waals surface area contributed by atoms with E-state index in [9.17, 15) is 4.79 Å². The predicted molar refractivity (Wildman–Crippen MR) is 107 cm³/mol. The highest BCUT2D eigenvalue weighted by molar-refractivity contribution is 7.81. The van der Waals surface area contributed by atoms with Crippen LogP contribution in [-0.4, -0.2) is 22.7 Å². The summed E-state index contributed by atoms with van der Waals surface area (Å²) < 4.78 is 5.40. The second-order valence-electron chi connectivity index (χ2n) is 5.60.